The van der Waals surface area contributed by atoms with Crippen LogP contribution in [0.1, 0.15) is 18.4 Å². The molecule has 0 radical (unpaired) electrons. The summed E-state index contributed by atoms with van der Waals surface area (Å²) >= 11 is 6.33. The van der Waals surface area contributed by atoms with Crippen molar-refractivity contribution in [2.75, 3.05) is 25.2 Å². The zero-order valence-electron chi connectivity index (χ0n) is 10.0. The van der Waals surface area contributed by atoms with Gasteiger partial charge in [-0.1, -0.05) is 11.6 Å². The van der Waals surface area contributed by atoms with Crippen LogP contribution in [0.2, 0.25) is 5.02 Å². The zero-order valence-corrected chi connectivity index (χ0v) is 10.8. The lowest BCUT2D eigenvalue weighted by Gasteiger charge is -2.24. The minimum Gasteiger partial charge on any atom is -0.383 e. The Labute approximate surface area is 107 Å². The van der Waals surface area contributed by atoms with E-state index in [9.17, 15) is 0 Å². The van der Waals surface area contributed by atoms with Crippen LogP contribution in [0, 0.1) is 0 Å². The van der Waals surface area contributed by atoms with Crippen molar-refractivity contribution in [3.8, 4) is 0 Å². The van der Waals surface area contributed by atoms with Crippen LogP contribution in [0.4, 0.5) is 5.82 Å². The molecular formula is C12H18ClN3O. The fraction of sp³-hybridized carbons (Fsp3) is 0.583. The summed E-state index contributed by atoms with van der Waals surface area (Å²) in [6.45, 7) is 1.94. The molecule has 0 atom stereocenters. The van der Waals surface area contributed by atoms with Gasteiger partial charge in [0.1, 0.15) is 5.82 Å². The van der Waals surface area contributed by atoms with E-state index in [2.05, 4.69) is 9.88 Å². The predicted octanol–water partition coefficient (Wildman–Crippen LogP) is 1.81. The molecule has 0 spiro atoms. The van der Waals surface area contributed by atoms with Crippen molar-refractivity contribution < 1.29 is 4.74 Å². The SMILES string of the molecule is COCCN(c1nccc(CN)c1Cl)C1CC1. The summed E-state index contributed by atoms with van der Waals surface area (Å²) < 4.78 is 5.13. The molecular weight excluding hydrogens is 238 g/mol. The van der Waals surface area contributed by atoms with Crippen molar-refractivity contribution in [3.05, 3.63) is 22.8 Å². The monoisotopic (exact) mass is 255 g/mol. The van der Waals surface area contributed by atoms with Crippen molar-refractivity contribution in [1.82, 2.24) is 4.98 Å². The lowest BCUT2D eigenvalue weighted by molar-refractivity contribution is 0.204. The molecule has 17 heavy (non-hydrogen) atoms. The van der Waals surface area contributed by atoms with Gasteiger partial charge in [0.05, 0.1) is 11.6 Å². The summed E-state index contributed by atoms with van der Waals surface area (Å²) in [5, 5.41) is 0.679. The highest BCUT2D eigenvalue weighted by molar-refractivity contribution is 6.33. The Bertz CT molecular complexity index is 382. The quantitative estimate of drug-likeness (QED) is 0.842. The van der Waals surface area contributed by atoms with E-state index in [-0.39, 0.29) is 0 Å². The van der Waals surface area contributed by atoms with E-state index in [1.165, 1.54) is 12.8 Å². The highest BCUT2D eigenvalue weighted by Gasteiger charge is 2.31. The highest BCUT2D eigenvalue weighted by atomic mass is 35.5. The van der Waals surface area contributed by atoms with Gasteiger partial charge < -0.3 is 15.4 Å². The van der Waals surface area contributed by atoms with Crippen LogP contribution >= 0.6 is 11.6 Å². The molecule has 0 bridgehead atoms. The summed E-state index contributed by atoms with van der Waals surface area (Å²) in [7, 11) is 1.70. The number of anilines is 1. The number of nitrogens with two attached hydrogens (primary N) is 1. The second-order valence-corrected chi connectivity index (χ2v) is 4.61. The molecule has 0 amide bonds. The van der Waals surface area contributed by atoms with Gasteiger partial charge >= 0.3 is 0 Å². The van der Waals surface area contributed by atoms with Gasteiger partial charge in [-0.05, 0) is 24.5 Å². The van der Waals surface area contributed by atoms with E-state index >= 15 is 0 Å². The number of ether oxygens (including phenoxy) is 1. The Morgan fingerprint density at radius 3 is 2.94 bits per heavy atom. The number of methoxy groups -OCH3 is 1. The van der Waals surface area contributed by atoms with Gasteiger partial charge in [-0.25, -0.2) is 4.98 Å². The number of nitrogens with zero attached hydrogens (tertiary/aromatic N) is 2. The lowest BCUT2D eigenvalue weighted by Crippen LogP contribution is -2.30. The summed E-state index contributed by atoms with van der Waals surface area (Å²) in [6.07, 6.45) is 4.18. The third-order valence-corrected chi connectivity index (χ3v) is 3.38. The van der Waals surface area contributed by atoms with Gasteiger partial charge in [-0.2, -0.15) is 0 Å². The van der Waals surface area contributed by atoms with E-state index in [1.54, 1.807) is 13.3 Å². The maximum absolute atomic E-state index is 6.33. The molecule has 2 rings (SSSR count). The zero-order chi connectivity index (χ0) is 12.3. The molecule has 2 N–H and O–H groups in total. The maximum atomic E-state index is 6.33. The molecule has 4 nitrogen and oxygen atoms in total. The second kappa shape index (κ2) is 5.67. The molecule has 1 aromatic heterocycles. The van der Waals surface area contributed by atoms with Gasteiger partial charge in [-0.3, -0.25) is 0 Å². The molecule has 1 fully saturated rings. The van der Waals surface area contributed by atoms with Crippen LogP contribution in [-0.4, -0.2) is 31.3 Å². The molecule has 0 unspecified atom stereocenters. The molecule has 0 aliphatic heterocycles. The Balaban J connectivity index is 2.22. The summed E-state index contributed by atoms with van der Waals surface area (Å²) in [5.41, 5.74) is 6.60. The molecule has 94 valence electrons. The first-order valence-electron chi connectivity index (χ1n) is 5.87. The average molecular weight is 256 g/mol. The molecule has 1 saturated carbocycles. The highest BCUT2D eigenvalue weighted by Crippen LogP contribution is 2.35. The van der Waals surface area contributed by atoms with Gasteiger partial charge in [0.15, 0.2) is 0 Å². The van der Waals surface area contributed by atoms with E-state index < -0.39 is 0 Å². The minimum atomic E-state index is 0.442. The smallest absolute Gasteiger partial charge is 0.148 e. The first-order valence-corrected chi connectivity index (χ1v) is 6.24. The molecule has 1 aromatic rings. The third kappa shape index (κ3) is 2.89. The normalized spacial score (nSPS) is 15.0. The summed E-state index contributed by atoms with van der Waals surface area (Å²) in [5.74, 6) is 0.842. The van der Waals surface area contributed by atoms with Crippen molar-refractivity contribution in [3.63, 3.8) is 0 Å². The van der Waals surface area contributed by atoms with Crippen LogP contribution in [0.5, 0.6) is 0 Å². The van der Waals surface area contributed by atoms with E-state index in [1.807, 2.05) is 6.07 Å². The first kappa shape index (κ1) is 12.6. The van der Waals surface area contributed by atoms with E-state index in [0.717, 1.165) is 17.9 Å². The third-order valence-electron chi connectivity index (χ3n) is 2.97. The number of pyridine rings is 1. The summed E-state index contributed by atoms with van der Waals surface area (Å²) in [4.78, 5) is 6.61. The molecule has 1 heterocycles. The number of hydrogen-bond donors (Lipinski definition) is 1. The molecule has 0 aromatic carbocycles. The molecule has 5 heteroatoms. The minimum absolute atomic E-state index is 0.442. The van der Waals surface area contributed by atoms with Gasteiger partial charge in [0, 0.05) is 32.4 Å². The second-order valence-electron chi connectivity index (χ2n) is 4.23. The Kier molecular flexibility index (Phi) is 4.20. The van der Waals surface area contributed by atoms with E-state index in [0.29, 0.717) is 24.2 Å². The van der Waals surface area contributed by atoms with Crippen LogP contribution in [0.25, 0.3) is 0 Å². The summed E-state index contributed by atoms with van der Waals surface area (Å²) in [6, 6.07) is 2.43. The largest absolute Gasteiger partial charge is 0.383 e. The topological polar surface area (TPSA) is 51.4 Å². The van der Waals surface area contributed by atoms with Gasteiger partial charge in [0.25, 0.3) is 0 Å². The van der Waals surface area contributed by atoms with Crippen LogP contribution in [0.15, 0.2) is 12.3 Å². The van der Waals surface area contributed by atoms with Crippen molar-refractivity contribution in [1.29, 1.82) is 0 Å². The number of hydrogen-bond acceptors (Lipinski definition) is 4. The average Bonchev–Trinajstić information content (AvgIpc) is 3.16. The van der Waals surface area contributed by atoms with Crippen LogP contribution < -0.4 is 10.6 Å². The number of aromatic nitrogens is 1. The number of rotatable bonds is 6. The number of halogens is 1. The molecule has 1 aliphatic rings. The van der Waals surface area contributed by atoms with Crippen molar-refractivity contribution in [2.24, 2.45) is 5.73 Å². The molecule has 1 aliphatic carbocycles. The van der Waals surface area contributed by atoms with Crippen LogP contribution in [0.3, 0.4) is 0 Å². The van der Waals surface area contributed by atoms with Gasteiger partial charge in [-0.15, -0.1) is 0 Å². The lowest BCUT2D eigenvalue weighted by atomic mass is 10.2. The maximum Gasteiger partial charge on any atom is 0.148 e. The standard InChI is InChI=1S/C12H18ClN3O/c1-17-7-6-16(10-2-3-10)12-11(13)9(8-14)4-5-15-12/h4-5,10H,2-3,6-8,14H2,1H3. The molecule has 0 saturated heterocycles. The van der Waals surface area contributed by atoms with E-state index in [4.69, 9.17) is 22.1 Å². The Morgan fingerprint density at radius 1 is 1.59 bits per heavy atom. The Hall–Kier alpha value is -0.840. The first-order chi connectivity index (χ1) is 8.27. The fourth-order valence-electron chi connectivity index (χ4n) is 1.87. The Morgan fingerprint density at radius 2 is 2.35 bits per heavy atom. The van der Waals surface area contributed by atoms with Gasteiger partial charge in [0.2, 0.25) is 0 Å². The fourth-order valence-corrected chi connectivity index (χ4v) is 2.16. The van der Waals surface area contributed by atoms with Crippen LogP contribution in [-0.2, 0) is 11.3 Å². The predicted molar refractivity (Wildman–Crippen MR) is 69.4 cm³/mol. The van der Waals surface area contributed by atoms with Crippen molar-refractivity contribution in [2.45, 2.75) is 25.4 Å². The van der Waals surface area contributed by atoms with Crippen molar-refractivity contribution >= 4 is 17.4 Å².